The zero-order valence-corrected chi connectivity index (χ0v) is 10.4. The minimum absolute atomic E-state index is 0.151. The number of aromatic nitrogens is 2. The van der Waals surface area contributed by atoms with Crippen LogP contribution in [0, 0.1) is 0 Å². The third-order valence-corrected chi connectivity index (χ3v) is 3.02. The fourth-order valence-electron chi connectivity index (χ4n) is 1.88. The molecule has 7 nitrogen and oxygen atoms in total. The SMILES string of the molecule is Cn1ccc(C(=O)N2CCOC(C)(C(N)=O)C2)n1. The summed E-state index contributed by atoms with van der Waals surface area (Å²) in [5, 5.41) is 4.05. The molecule has 0 radical (unpaired) electrons. The first-order valence-corrected chi connectivity index (χ1v) is 5.65. The van der Waals surface area contributed by atoms with Gasteiger partial charge in [0.15, 0.2) is 5.60 Å². The maximum atomic E-state index is 12.2. The number of hydrogen-bond acceptors (Lipinski definition) is 4. The minimum atomic E-state index is -1.12. The van der Waals surface area contributed by atoms with E-state index in [-0.39, 0.29) is 19.1 Å². The molecule has 7 heteroatoms. The van der Waals surface area contributed by atoms with E-state index in [0.717, 1.165) is 0 Å². The third kappa shape index (κ3) is 2.21. The lowest BCUT2D eigenvalue weighted by Gasteiger charge is -2.37. The lowest BCUT2D eigenvalue weighted by molar-refractivity contribution is -0.150. The molecule has 0 aromatic carbocycles. The highest BCUT2D eigenvalue weighted by Crippen LogP contribution is 2.18. The maximum Gasteiger partial charge on any atom is 0.274 e. The number of rotatable bonds is 2. The highest BCUT2D eigenvalue weighted by atomic mass is 16.5. The van der Waals surface area contributed by atoms with E-state index in [9.17, 15) is 9.59 Å². The lowest BCUT2D eigenvalue weighted by Crippen LogP contribution is -2.58. The largest absolute Gasteiger partial charge is 0.367 e. The summed E-state index contributed by atoms with van der Waals surface area (Å²) >= 11 is 0. The first kappa shape index (κ1) is 12.6. The Morgan fingerprint density at radius 3 is 2.83 bits per heavy atom. The number of carbonyl (C=O) groups is 2. The smallest absolute Gasteiger partial charge is 0.274 e. The molecule has 1 aliphatic rings. The Bertz CT molecular complexity index is 484. The quantitative estimate of drug-likeness (QED) is 0.741. The Kier molecular flexibility index (Phi) is 3.08. The highest BCUT2D eigenvalue weighted by molar-refractivity contribution is 5.93. The Morgan fingerprint density at radius 2 is 2.28 bits per heavy atom. The molecular weight excluding hydrogens is 236 g/mol. The molecule has 2 heterocycles. The normalized spacial score (nSPS) is 24.0. The lowest BCUT2D eigenvalue weighted by atomic mass is 10.0. The number of nitrogens with two attached hydrogens (primary N) is 1. The summed E-state index contributed by atoms with van der Waals surface area (Å²) in [6.45, 7) is 2.46. The molecular formula is C11H16N4O3. The van der Waals surface area contributed by atoms with E-state index in [1.807, 2.05) is 0 Å². The van der Waals surface area contributed by atoms with Crippen LogP contribution in [0.5, 0.6) is 0 Å². The molecule has 2 amide bonds. The fraction of sp³-hybridized carbons (Fsp3) is 0.545. The van der Waals surface area contributed by atoms with Crippen molar-refractivity contribution < 1.29 is 14.3 Å². The molecule has 2 N–H and O–H groups in total. The number of morpholine rings is 1. The van der Waals surface area contributed by atoms with Crippen molar-refractivity contribution in [3.8, 4) is 0 Å². The van der Waals surface area contributed by atoms with Crippen molar-refractivity contribution in [2.75, 3.05) is 19.7 Å². The van der Waals surface area contributed by atoms with Gasteiger partial charge in [0.1, 0.15) is 5.69 Å². The van der Waals surface area contributed by atoms with Crippen LogP contribution in [-0.4, -0.2) is 51.8 Å². The van der Waals surface area contributed by atoms with Crippen LogP contribution in [0.3, 0.4) is 0 Å². The number of nitrogens with zero attached hydrogens (tertiary/aromatic N) is 3. The van der Waals surface area contributed by atoms with Crippen molar-refractivity contribution in [2.24, 2.45) is 12.8 Å². The first-order chi connectivity index (χ1) is 8.42. The molecule has 1 saturated heterocycles. The van der Waals surface area contributed by atoms with E-state index in [2.05, 4.69) is 5.10 Å². The van der Waals surface area contributed by atoms with Gasteiger partial charge in [0, 0.05) is 19.8 Å². The van der Waals surface area contributed by atoms with Crippen LogP contribution in [0.15, 0.2) is 12.3 Å². The van der Waals surface area contributed by atoms with Crippen molar-refractivity contribution in [2.45, 2.75) is 12.5 Å². The van der Waals surface area contributed by atoms with Gasteiger partial charge in [0.25, 0.3) is 11.8 Å². The van der Waals surface area contributed by atoms with E-state index < -0.39 is 11.5 Å². The van der Waals surface area contributed by atoms with Gasteiger partial charge in [0.05, 0.1) is 13.2 Å². The summed E-state index contributed by atoms with van der Waals surface area (Å²) in [5.74, 6) is -0.785. The summed E-state index contributed by atoms with van der Waals surface area (Å²) in [5.41, 5.74) is 4.52. The highest BCUT2D eigenvalue weighted by Gasteiger charge is 2.39. The number of primary amides is 1. The van der Waals surface area contributed by atoms with Gasteiger partial charge in [-0.25, -0.2) is 0 Å². The Hall–Kier alpha value is -1.89. The van der Waals surface area contributed by atoms with E-state index in [0.29, 0.717) is 12.2 Å². The van der Waals surface area contributed by atoms with E-state index in [1.54, 1.807) is 30.9 Å². The van der Waals surface area contributed by atoms with Crippen molar-refractivity contribution >= 4 is 11.8 Å². The molecule has 1 atom stereocenters. The molecule has 1 aliphatic heterocycles. The molecule has 0 bridgehead atoms. The number of carbonyl (C=O) groups excluding carboxylic acids is 2. The van der Waals surface area contributed by atoms with Crippen LogP contribution < -0.4 is 5.73 Å². The second-order valence-corrected chi connectivity index (χ2v) is 4.54. The Labute approximate surface area is 104 Å². The van der Waals surface area contributed by atoms with Crippen molar-refractivity contribution in [1.82, 2.24) is 14.7 Å². The van der Waals surface area contributed by atoms with E-state index in [4.69, 9.17) is 10.5 Å². The fourth-order valence-corrected chi connectivity index (χ4v) is 1.88. The van der Waals surface area contributed by atoms with Crippen LogP contribution in [0.2, 0.25) is 0 Å². The number of ether oxygens (including phenoxy) is 1. The molecule has 1 unspecified atom stereocenters. The molecule has 1 aromatic heterocycles. The first-order valence-electron chi connectivity index (χ1n) is 5.65. The van der Waals surface area contributed by atoms with Crippen molar-refractivity contribution in [3.05, 3.63) is 18.0 Å². The Balaban J connectivity index is 2.14. The van der Waals surface area contributed by atoms with Gasteiger partial charge in [-0.3, -0.25) is 14.3 Å². The molecule has 18 heavy (non-hydrogen) atoms. The van der Waals surface area contributed by atoms with Gasteiger partial charge in [-0.2, -0.15) is 5.10 Å². The summed E-state index contributed by atoms with van der Waals surface area (Å²) < 4.78 is 6.91. The summed E-state index contributed by atoms with van der Waals surface area (Å²) in [4.78, 5) is 25.0. The van der Waals surface area contributed by atoms with E-state index >= 15 is 0 Å². The average molecular weight is 252 g/mol. The molecule has 0 saturated carbocycles. The predicted molar refractivity (Wildman–Crippen MR) is 62.7 cm³/mol. The van der Waals surface area contributed by atoms with Gasteiger partial charge in [-0.15, -0.1) is 0 Å². The van der Waals surface area contributed by atoms with Crippen LogP contribution in [0.1, 0.15) is 17.4 Å². The van der Waals surface area contributed by atoms with Crippen molar-refractivity contribution in [1.29, 1.82) is 0 Å². The van der Waals surface area contributed by atoms with Crippen LogP contribution >= 0.6 is 0 Å². The molecule has 0 spiro atoms. The molecule has 98 valence electrons. The summed E-state index contributed by atoms with van der Waals surface area (Å²) in [6.07, 6.45) is 1.70. The second kappa shape index (κ2) is 4.41. The van der Waals surface area contributed by atoms with Gasteiger partial charge >= 0.3 is 0 Å². The zero-order chi connectivity index (χ0) is 13.3. The predicted octanol–water partition coefficient (Wildman–Crippen LogP) is -0.863. The molecule has 1 fully saturated rings. The third-order valence-electron chi connectivity index (χ3n) is 3.02. The number of aryl methyl sites for hydroxylation is 1. The average Bonchev–Trinajstić information content (AvgIpc) is 2.75. The monoisotopic (exact) mass is 252 g/mol. The van der Waals surface area contributed by atoms with Gasteiger partial charge in [-0.05, 0) is 13.0 Å². The van der Waals surface area contributed by atoms with E-state index in [1.165, 1.54) is 4.90 Å². The molecule has 2 rings (SSSR count). The Morgan fingerprint density at radius 1 is 1.56 bits per heavy atom. The molecule has 1 aromatic rings. The second-order valence-electron chi connectivity index (χ2n) is 4.54. The zero-order valence-electron chi connectivity index (χ0n) is 10.4. The van der Waals surface area contributed by atoms with Gasteiger partial charge in [0.2, 0.25) is 0 Å². The molecule has 0 aliphatic carbocycles. The summed E-state index contributed by atoms with van der Waals surface area (Å²) in [7, 11) is 1.74. The van der Waals surface area contributed by atoms with Gasteiger partial charge < -0.3 is 15.4 Å². The number of hydrogen-bond donors (Lipinski definition) is 1. The summed E-state index contributed by atoms with van der Waals surface area (Å²) in [6, 6.07) is 1.64. The topological polar surface area (TPSA) is 90.5 Å². The van der Waals surface area contributed by atoms with Gasteiger partial charge in [-0.1, -0.05) is 0 Å². The van der Waals surface area contributed by atoms with Crippen molar-refractivity contribution in [3.63, 3.8) is 0 Å². The number of amides is 2. The maximum absolute atomic E-state index is 12.2. The van der Waals surface area contributed by atoms with Crippen LogP contribution in [-0.2, 0) is 16.6 Å². The van der Waals surface area contributed by atoms with Crippen LogP contribution in [0.25, 0.3) is 0 Å². The standard InChI is InChI=1S/C11H16N4O3/c1-11(10(12)17)7-15(5-6-18-11)9(16)8-3-4-14(2)13-8/h3-4H,5-7H2,1-2H3,(H2,12,17). The van der Waals surface area contributed by atoms with Crippen LogP contribution in [0.4, 0.5) is 0 Å². The minimum Gasteiger partial charge on any atom is -0.367 e.